The molecule has 3 fully saturated rings. The summed E-state index contributed by atoms with van der Waals surface area (Å²) >= 11 is 5.38. The lowest BCUT2D eigenvalue weighted by atomic mass is 9.35. The second-order valence-electron chi connectivity index (χ2n) is 3.86. The summed E-state index contributed by atoms with van der Waals surface area (Å²) in [6.45, 7) is 0. The van der Waals surface area contributed by atoms with Gasteiger partial charge in [-0.2, -0.15) is 0 Å². The zero-order valence-corrected chi connectivity index (χ0v) is 7.48. The van der Waals surface area contributed by atoms with Crippen molar-refractivity contribution in [1.82, 2.24) is 0 Å². The molecule has 3 saturated carbocycles. The van der Waals surface area contributed by atoms with Gasteiger partial charge in [0.15, 0.2) is 0 Å². The molecule has 0 aromatic rings. The minimum Gasteiger partial charge on any atom is -0.469 e. The van der Waals surface area contributed by atoms with Gasteiger partial charge in [-0.15, -0.1) is 0 Å². The van der Waals surface area contributed by atoms with E-state index in [1.165, 1.54) is 7.11 Å². The number of ether oxygens (including phenoxy) is 1. The molecule has 0 N–H and O–H groups in total. The number of halogens is 1. The van der Waals surface area contributed by atoms with E-state index < -0.39 is 0 Å². The first kappa shape index (κ1) is 8.05. The monoisotopic (exact) mass is 188 g/mol. The summed E-state index contributed by atoms with van der Waals surface area (Å²) in [4.78, 5) is 22.0. The SMILES string of the molecule is COC(=O)[C@]12C[C@](C(=O)Cl)(C1)C2. The van der Waals surface area contributed by atoms with Crippen LogP contribution < -0.4 is 0 Å². The maximum atomic E-state index is 11.1. The number of carbonyl (C=O) groups is 2. The Labute approximate surface area is 75.0 Å². The van der Waals surface area contributed by atoms with Gasteiger partial charge in [0, 0.05) is 5.41 Å². The van der Waals surface area contributed by atoms with E-state index in [1.54, 1.807) is 0 Å². The second kappa shape index (κ2) is 2.02. The zero-order chi connectivity index (χ0) is 8.98. The fourth-order valence-corrected chi connectivity index (χ4v) is 2.63. The molecule has 12 heavy (non-hydrogen) atoms. The Balaban J connectivity index is 2.04. The van der Waals surface area contributed by atoms with E-state index in [4.69, 9.17) is 11.6 Å². The molecule has 0 atom stereocenters. The van der Waals surface area contributed by atoms with Crippen molar-refractivity contribution in [2.75, 3.05) is 7.11 Å². The van der Waals surface area contributed by atoms with Crippen LogP contribution >= 0.6 is 11.6 Å². The van der Waals surface area contributed by atoms with Gasteiger partial charge in [0.05, 0.1) is 12.5 Å². The minimum absolute atomic E-state index is 0.192. The summed E-state index contributed by atoms with van der Waals surface area (Å²) in [7, 11) is 1.37. The molecule has 3 rings (SSSR count). The fraction of sp³-hybridized carbons (Fsp3) is 0.750. The number of hydrogen-bond donors (Lipinski definition) is 0. The average molecular weight is 189 g/mol. The summed E-state index contributed by atoms with van der Waals surface area (Å²) in [6, 6.07) is 0. The van der Waals surface area contributed by atoms with Crippen molar-refractivity contribution in [2.45, 2.75) is 19.3 Å². The molecular weight excluding hydrogens is 180 g/mol. The molecule has 0 aromatic carbocycles. The van der Waals surface area contributed by atoms with Crippen molar-refractivity contribution in [1.29, 1.82) is 0 Å². The second-order valence-corrected chi connectivity index (χ2v) is 4.20. The number of rotatable bonds is 2. The van der Waals surface area contributed by atoms with E-state index in [0.717, 1.165) is 0 Å². The number of hydrogen-bond acceptors (Lipinski definition) is 3. The minimum atomic E-state index is -0.365. The van der Waals surface area contributed by atoms with Crippen molar-refractivity contribution in [3.63, 3.8) is 0 Å². The number of esters is 1. The van der Waals surface area contributed by atoms with Crippen molar-refractivity contribution in [3.8, 4) is 0 Å². The van der Waals surface area contributed by atoms with E-state index in [-0.39, 0.29) is 22.0 Å². The molecule has 2 bridgehead atoms. The number of methoxy groups -OCH3 is 1. The van der Waals surface area contributed by atoms with Gasteiger partial charge in [-0.25, -0.2) is 0 Å². The van der Waals surface area contributed by atoms with E-state index in [9.17, 15) is 9.59 Å². The van der Waals surface area contributed by atoms with Crippen LogP contribution in [-0.2, 0) is 14.3 Å². The largest absolute Gasteiger partial charge is 0.469 e. The van der Waals surface area contributed by atoms with E-state index in [1.807, 2.05) is 0 Å². The molecule has 0 radical (unpaired) electrons. The molecule has 3 aliphatic carbocycles. The highest BCUT2D eigenvalue weighted by Crippen LogP contribution is 2.74. The molecule has 3 aliphatic rings. The molecule has 0 aromatic heterocycles. The maximum Gasteiger partial charge on any atom is 0.311 e. The third-order valence-electron chi connectivity index (χ3n) is 3.07. The van der Waals surface area contributed by atoms with Crippen LogP contribution in [0, 0.1) is 10.8 Å². The summed E-state index contributed by atoms with van der Waals surface area (Å²) in [5, 5.41) is -0.298. The average Bonchev–Trinajstić information content (AvgIpc) is 1.80. The predicted molar refractivity (Wildman–Crippen MR) is 41.6 cm³/mol. The van der Waals surface area contributed by atoms with Crippen molar-refractivity contribution in [2.24, 2.45) is 10.8 Å². The topological polar surface area (TPSA) is 43.4 Å². The molecule has 0 heterocycles. The van der Waals surface area contributed by atoms with Crippen molar-refractivity contribution in [3.05, 3.63) is 0 Å². The van der Waals surface area contributed by atoms with Crippen molar-refractivity contribution >= 4 is 22.8 Å². The van der Waals surface area contributed by atoms with Crippen molar-refractivity contribution < 1.29 is 14.3 Å². The summed E-state index contributed by atoms with van der Waals surface area (Å²) in [5.74, 6) is -0.192. The van der Waals surface area contributed by atoms with E-state index in [0.29, 0.717) is 19.3 Å². The van der Waals surface area contributed by atoms with E-state index in [2.05, 4.69) is 4.74 Å². The molecule has 4 heteroatoms. The predicted octanol–water partition coefficient (Wildman–Crippen LogP) is 1.10. The first-order valence-electron chi connectivity index (χ1n) is 3.83. The first-order chi connectivity index (χ1) is 5.55. The lowest BCUT2D eigenvalue weighted by molar-refractivity contribution is -0.217. The van der Waals surface area contributed by atoms with Crippen LogP contribution in [0.15, 0.2) is 0 Å². The summed E-state index contributed by atoms with van der Waals surface area (Å²) < 4.78 is 4.63. The highest BCUT2D eigenvalue weighted by atomic mass is 35.5. The normalized spacial score (nSPS) is 42.5. The van der Waals surface area contributed by atoms with Crippen LogP contribution in [-0.4, -0.2) is 18.3 Å². The lowest BCUT2D eigenvalue weighted by Crippen LogP contribution is -2.67. The van der Waals surface area contributed by atoms with Crippen LogP contribution in [0.2, 0.25) is 0 Å². The Morgan fingerprint density at radius 2 is 1.75 bits per heavy atom. The smallest absolute Gasteiger partial charge is 0.311 e. The maximum absolute atomic E-state index is 11.1. The highest BCUT2D eigenvalue weighted by molar-refractivity contribution is 6.65. The third-order valence-corrected chi connectivity index (χ3v) is 3.47. The summed E-state index contributed by atoms with van der Waals surface area (Å²) in [5.41, 5.74) is -0.713. The van der Waals surface area contributed by atoms with Crippen LogP contribution in [0.5, 0.6) is 0 Å². The van der Waals surface area contributed by atoms with Crippen LogP contribution in [0.3, 0.4) is 0 Å². The van der Waals surface area contributed by atoms with Crippen LogP contribution in [0.25, 0.3) is 0 Å². The zero-order valence-electron chi connectivity index (χ0n) is 6.72. The van der Waals surface area contributed by atoms with Crippen LogP contribution in [0.1, 0.15) is 19.3 Å². The van der Waals surface area contributed by atoms with E-state index >= 15 is 0 Å². The Bertz CT molecular complexity index is 252. The molecule has 3 nitrogen and oxygen atoms in total. The quantitative estimate of drug-likeness (QED) is 0.482. The highest BCUT2D eigenvalue weighted by Gasteiger charge is 2.75. The van der Waals surface area contributed by atoms with Gasteiger partial charge in [-0.1, -0.05) is 0 Å². The molecular formula is C8H9ClO3. The van der Waals surface area contributed by atoms with Gasteiger partial charge < -0.3 is 4.74 Å². The third kappa shape index (κ3) is 0.678. The molecule has 0 spiro atoms. The summed E-state index contributed by atoms with van der Waals surface area (Å²) in [6.07, 6.45) is 1.78. The molecule has 66 valence electrons. The van der Waals surface area contributed by atoms with Gasteiger partial charge in [0.2, 0.25) is 5.24 Å². The molecule has 0 aliphatic heterocycles. The standard InChI is InChI=1S/C8H9ClO3/c1-12-6(11)8-2-7(3-8,4-8)5(9)10/h2-4H2,1H3/t7-,8+. The Morgan fingerprint density at radius 3 is 2.08 bits per heavy atom. The Morgan fingerprint density at radius 1 is 1.25 bits per heavy atom. The Kier molecular flexibility index (Phi) is 1.35. The molecule has 0 unspecified atom stereocenters. The number of carbonyl (C=O) groups excluding carboxylic acids is 2. The van der Waals surface area contributed by atoms with Crippen LogP contribution in [0.4, 0.5) is 0 Å². The first-order valence-corrected chi connectivity index (χ1v) is 4.21. The van der Waals surface area contributed by atoms with Gasteiger partial charge in [-0.05, 0) is 30.9 Å². The van der Waals surface area contributed by atoms with Gasteiger partial charge >= 0.3 is 5.97 Å². The van der Waals surface area contributed by atoms with Gasteiger partial charge in [-0.3, -0.25) is 9.59 Å². The fourth-order valence-electron chi connectivity index (χ4n) is 2.43. The Hall–Kier alpha value is -0.570. The molecule has 0 amide bonds. The van der Waals surface area contributed by atoms with Gasteiger partial charge in [0.25, 0.3) is 0 Å². The van der Waals surface area contributed by atoms with Gasteiger partial charge in [0.1, 0.15) is 0 Å². The molecule has 0 saturated heterocycles. The lowest BCUT2D eigenvalue weighted by Gasteiger charge is -2.66.